The van der Waals surface area contributed by atoms with Crippen molar-refractivity contribution < 1.29 is 9.15 Å². The van der Waals surface area contributed by atoms with Crippen LogP contribution in [0.25, 0.3) is 0 Å². The first-order valence-corrected chi connectivity index (χ1v) is 9.27. The minimum Gasteiger partial charge on any atom is -0.468 e. The minimum absolute atomic E-state index is 0.278. The van der Waals surface area contributed by atoms with E-state index in [1.54, 1.807) is 6.26 Å². The Bertz CT molecular complexity index is 599. The van der Waals surface area contributed by atoms with Crippen molar-refractivity contribution in [3.05, 3.63) is 46.5 Å². The summed E-state index contributed by atoms with van der Waals surface area (Å²) in [6.07, 6.45) is 2.99. The lowest BCUT2D eigenvalue weighted by atomic mass is 9.87. The molecule has 1 atom stereocenters. The Balaban J connectivity index is 1.40. The van der Waals surface area contributed by atoms with Gasteiger partial charge >= 0.3 is 0 Å². The third-order valence-corrected chi connectivity index (χ3v) is 5.82. The van der Waals surface area contributed by atoms with Crippen molar-refractivity contribution in [2.75, 3.05) is 39.4 Å². The topological polar surface area (TPSA) is 28.9 Å². The molecule has 4 rings (SSSR count). The number of rotatable bonds is 4. The summed E-state index contributed by atoms with van der Waals surface area (Å²) in [4.78, 5) is 6.55. The molecule has 2 aromatic rings. The number of hydrogen-bond donors (Lipinski definition) is 0. The summed E-state index contributed by atoms with van der Waals surface area (Å²) < 4.78 is 11.5. The average Bonchev–Trinajstić information content (AvgIpc) is 3.25. The fourth-order valence-electron chi connectivity index (χ4n) is 3.87. The SMILES string of the molecule is c1coc(CN2CCOC[C@@]3(CCN(Cc4cccs4)C3)C2)c1. The molecule has 2 fully saturated rings. The largest absolute Gasteiger partial charge is 0.468 e. The van der Waals surface area contributed by atoms with Gasteiger partial charge in [-0.05, 0) is 36.5 Å². The zero-order chi connectivity index (χ0) is 15.5. The molecular weight excluding hydrogens is 308 g/mol. The first kappa shape index (κ1) is 15.4. The highest BCUT2D eigenvalue weighted by Gasteiger charge is 2.41. The second-order valence-corrected chi connectivity index (χ2v) is 7.91. The van der Waals surface area contributed by atoms with Gasteiger partial charge in [0.05, 0.1) is 26.0 Å². The van der Waals surface area contributed by atoms with Crippen molar-refractivity contribution in [1.82, 2.24) is 9.80 Å². The molecule has 1 spiro atoms. The highest BCUT2D eigenvalue weighted by molar-refractivity contribution is 7.09. The molecule has 0 aliphatic carbocycles. The van der Waals surface area contributed by atoms with E-state index in [-0.39, 0.29) is 5.41 Å². The van der Waals surface area contributed by atoms with Gasteiger partial charge < -0.3 is 9.15 Å². The Morgan fingerprint density at radius 2 is 2.00 bits per heavy atom. The lowest BCUT2D eigenvalue weighted by molar-refractivity contribution is 0.0705. The first-order valence-electron chi connectivity index (χ1n) is 8.39. The second-order valence-electron chi connectivity index (χ2n) is 6.88. The molecule has 2 aliphatic heterocycles. The molecule has 0 N–H and O–H groups in total. The molecule has 0 bridgehead atoms. The molecule has 0 unspecified atom stereocenters. The summed E-state index contributed by atoms with van der Waals surface area (Å²) in [6.45, 7) is 8.11. The maximum absolute atomic E-state index is 5.97. The Morgan fingerprint density at radius 1 is 1.09 bits per heavy atom. The minimum atomic E-state index is 0.278. The Kier molecular flexibility index (Phi) is 4.53. The summed E-state index contributed by atoms with van der Waals surface area (Å²) >= 11 is 1.86. The van der Waals surface area contributed by atoms with E-state index in [0.717, 1.165) is 51.7 Å². The van der Waals surface area contributed by atoms with E-state index in [1.807, 2.05) is 17.4 Å². The second kappa shape index (κ2) is 6.77. The van der Waals surface area contributed by atoms with E-state index in [9.17, 15) is 0 Å². The average molecular weight is 332 g/mol. The van der Waals surface area contributed by atoms with E-state index in [1.165, 1.54) is 17.8 Å². The number of nitrogens with zero attached hydrogens (tertiary/aromatic N) is 2. The molecule has 2 aliphatic rings. The molecule has 23 heavy (non-hydrogen) atoms. The fraction of sp³-hybridized carbons (Fsp3) is 0.556. The molecule has 4 nitrogen and oxygen atoms in total. The predicted molar refractivity (Wildman–Crippen MR) is 91.5 cm³/mol. The van der Waals surface area contributed by atoms with Gasteiger partial charge in [-0.15, -0.1) is 11.3 Å². The van der Waals surface area contributed by atoms with E-state index in [4.69, 9.17) is 9.15 Å². The van der Waals surface area contributed by atoms with Gasteiger partial charge in [0.1, 0.15) is 5.76 Å². The van der Waals surface area contributed by atoms with Crippen molar-refractivity contribution in [3.8, 4) is 0 Å². The van der Waals surface area contributed by atoms with Crippen molar-refractivity contribution >= 4 is 11.3 Å². The van der Waals surface area contributed by atoms with Crippen LogP contribution in [0.2, 0.25) is 0 Å². The first-order chi connectivity index (χ1) is 11.3. The van der Waals surface area contributed by atoms with Gasteiger partial charge in [-0.2, -0.15) is 0 Å². The van der Waals surface area contributed by atoms with Gasteiger partial charge in [-0.25, -0.2) is 0 Å². The quantitative estimate of drug-likeness (QED) is 0.860. The summed E-state index contributed by atoms with van der Waals surface area (Å²) in [6, 6.07) is 8.42. The molecule has 5 heteroatoms. The van der Waals surface area contributed by atoms with Crippen molar-refractivity contribution in [2.24, 2.45) is 5.41 Å². The van der Waals surface area contributed by atoms with Crippen molar-refractivity contribution in [1.29, 1.82) is 0 Å². The maximum Gasteiger partial charge on any atom is 0.117 e. The van der Waals surface area contributed by atoms with Crippen LogP contribution in [0, 0.1) is 5.41 Å². The van der Waals surface area contributed by atoms with Gasteiger partial charge in [0.15, 0.2) is 0 Å². The molecule has 124 valence electrons. The molecular formula is C18H24N2O2S. The van der Waals surface area contributed by atoms with Crippen LogP contribution in [-0.4, -0.2) is 49.2 Å². The van der Waals surface area contributed by atoms with Gasteiger partial charge in [0, 0.05) is 36.5 Å². The molecule has 0 aromatic carbocycles. The highest BCUT2D eigenvalue weighted by atomic mass is 32.1. The summed E-state index contributed by atoms with van der Waals surface area (Å²) in [7, 11) is 0. The highest BCUT2D eigenvalue weighted by Crippen LogP contribution is 2.35. The summed E-state index contributed by atoms with van der Waals surface area (Å²) in [5.74, 6) is 1.05. The van der Waals surface area contributed by atoms with Crippen LogP contribution in [0.4, 0.5) is 0 Å². The normalized spacial score (nSPS) is 26.8. The number of thiophene rings is 1. The third-order valence-electron chi connectivity index (χ3n) is 4.96. The molecule has 2 saturated heterocycles. The predicted octanol–water partition coefficient (Wildman–Crippen LogP) is 3.07. The van der Waals surface area contributed by atoms with E-state index in [0.29, 0.717) is 0 Å². The zero-order valence-electron chi connectivity index (χ0n) is 13.4. The van der Waals surface area contributed by atoms with Crippen molar-refractivity contribution in [2.45, 2.75) is 19.5 Å². The van der Waals surface area contributed by atoms with Crippen LogP contribution in [0.15, 0.2) is 40.3 Å². The van der Waals surface area contributed by atoms with E-state index in [2.05, 4.69) is 33.4 Å². The van der Waals surface area contributed by atoms with Crippen LogP contribution in [0.1, 0.15) is 17.1 Å². The van der Waals surface area contributed by atoms with Crippen LogP contribution in [0.3, 0.4) is 0 Å². The Morgan fingerprint density at radius 3 is 2.78 bits per heavy atom. The standard InChI is InChI=1S/C18H24N2O2S/c1-3-16(22-8-1)11-20-7-9-21-15-18(14-20)5-6-19(13-18)12-17-4-2-10-23-17/h1-4,8,10H,5-7,9,11-15H2/t18-/m1/s1. The van der Waals surface area contributed by atoms with Gasteiger partial charge in [-0.3, -0.25) is 9.80 Å². The lowest BCUT2D eigenvalue weighted by Crippen LogP contribution is -2.40. The number of furan rings is 1. The Hall–Kier alpha value is -1.14. The van der Waals surface area contributed by atoms with Crippen LogP contribution in [-0.2, 0) is 17.8 Å². The molecule has 4 heterocycles. The number of likely N-dealkylation sites (tertiary alicyclic amines) is 1. The lowest BCUT2D eigenvalue weighted by Gasteiger charge is -2.31. The molecule has 0 saturated carbocycles. The van der Waals surface area contributed by atoms with E-state index >= 15 is 0 Å². The molecule has 2 aromatic heterocycles. The Labute approximate surface area is 141 Å². The number of hydrogen-bond acceptors (Lipinski definition) is 5. The maximum atomic E-state index is 5.97. The van der Waals surface area contributed by atoms with Crippen LogP contribution < -0.4 is 0 Å². The van der Waals surface area contributed by atoms with Gasteiger partial charge in [-0.1, -0.05) is 6.07 Å². The summed E-state index contributed by atoms with van der Waals surface area (Å²) in [5.41, 5.74) is 0.278. The van der Waals surface area contributed by atoms with Crippen molar-refractivity contribution in [3.63, 3.8) is 0 Å². The number of ether oxygens (including phenoxy) is 1. The van der Waals surface area contributed by atoms with E-state index < -0.39 is 0 Å². The smallest absolute Gasteiger partial charge is 0.117 e. The third kappa shape index (κ3) is 3.69. The summed E-state index contributed by atoms with van der Waals surface area (Å²) in [5, 5.41) is 2.17. The van der Waals surface area contributed by atoms with Crippen LogP contribution >= 0.6 is 11.3 Å². The molecule has 0 radical (unpaired) electrons. The molecule has 0 amide bonds. The zero-order valence-corrected chi connectivity index (χ0v) is 14.3. The fourth-order valence-corrected chi connectivity index (χ4v) is 4.62. The van der Waals surface area contributed by atoms with Gasteiger partial charge in [0.2, 0.25) is 0 Å². The van der Waals surface area contributed by atoms with Crippen LogP contribution in [0.5, 0.6) is 0 Å². The van der Waals surface area contributed by atoms with Gasteiger partial charge in [0.25, 0.3) is 0 Å². The monoisotopic (exact) mass is 332 g/mol.